The van der Waals surface area contributed by atoms with E-state index in [-0.39, 0.29) is 0 Å². The highest BCUT2D eigenvalue weighted by atomic mass is 79.9. The lowest BCUT2D eigenvalue weighted by Gasteiger charge is -2.35. The Bertz CT molecular complexity index is 1530. The van der Waals surface area contributed by atoms with Gasteiger partial charge in [0.1, 0.15) is 11.2 Å². The van der Waals surface area contributed by atoms with Crippen LogP contribution in [0.1, 0.15) is 22.3 Å². The molecule has 184 valence electrons. The molecule has 4 heteroatoms. The quantitative estimate of drug-likeness (QED) is 0.146. The normalized spacial score (nSPS) is 11.4. The molecule has 0 spiro atoms. The molecule has 1 heterocycles. The van der Waals surface area contributed by atoms with Gasteiger partial charge < -0.3 is 0 Å². The van der Waals surface area contributed by atoms with Crippen molar-refractivity contribution in [2.24, 2.45) is 0 Å². The van der Waals surface area contributed by atoms with Crippen molar-refractivity contribution in [1.29, 1.82) is 0 Å². The van der Waals surface area contributed by atoms with Gasteiger partial charge in [0.2, 0.25) is 0 Å². The van der Waals surface area contributed by atoms with E-state index in [0.29, 0.717) is 0 Å². The first-order chi connectivity index (χ1) is 18.8. The van der Waals surface area contributed by atoms with Crippen LogP contribution in [-0.2, 0) is 10.9 Å². The Morgan fingerprint density at radius 2 is 1.08 bits per heavy atom. The average Bonchev–Trinajstić information content (AvgIpc) is 3.50. The zero-order valence-electron chi connectivity index (χ0n) is 20.8. The summed E-state index contributed by atoms with van der Waals surface area (Å²) in [7, 11) is 0. The molecule has 0 radical (unpaired) electrons. The highest BCUT2D eigenvalue weighted by molar-refractivity contribution is 9.08. The third-order valence-corrected chi connectivity index (χ3v) is 7.66. The number of hydrogen-bond donors (Lipinski definition) is 0. The van der Waals surface area contributed by atoms with E-state index >= 15 is 0 Å². The molecule has 3 nitrogen and oxygen atoms in total. The van der Waals surface area contributed by atoms with Crippen LogP contribution in [0.3, 0.4) is 0 Å². The highest BCUT2D eigenvalue weighted by Crippen LogP contribution is 2.41. The lowest BCUT2D eigenvalue weighted by atomic mass is 9.77. The average molecular weight is 557 g/mol. The Morgan fingerprint density at radius 1 is 0.579 bits per heavy atom. The number of rotatable bonds is 7. The molecule has 0 saturated heterocycles. The summed E-state index contributed by atoms with van der Waals surface area (Å²) in [5.74, 6) is 0. The van der Waals surface area contributed by atoms with Crippen molar-refractivity contribution in [3.63, 3.8) is 0 Å². The first-order valence-electron chi connectivity index (χ1n) is 12.6. The third-order valence-electron chi connectivity index (χ3n) is 7.01. The molecular weight excluding hydrogens is 530 g/mol. The summed E-state index contributed by atoms with van der Waals surface area (Å²) >= 11 is 3.63. The van der Waals surface area contributed by atoms with Gasteiger partial charge in [-0.25, -0.2) is 4.68 Å². The summed E-state index contributed by atoms with van der Waals surface area (Å²) in [6, 6.07) is 48.7. The Labute approximate surface area is 231 Å². The highest BCUT2D eigenvalue weighted by Gasteiger charge is 2.39. The van der Waals surface area contributed by atoms with E-state index in [1.165, 1.54) is 5.56 Å². The van der Waals surface area contributed by atoms with Gasteiger partial charge in [0.05, 0.1) is 6.20 Å². The zero-order valence-corrected chi connectivity index (χ0v) is 22.4. The fraction of sp³-hybridized carbons (Fsp3) is 0.0588. The molecule has 0 fully saturated rings. The molecule has 6 rings (SSSR count). The molecule has 0 aliphatic heterocycles. The van der Waals surface area contributed by atoms with Gasteiger partial charge in [-0.2, -0.15) is 0 Å². The van der Waals surface area contributed by atoms with Crippen molar-refractivity contribution in [3.8, 4) is 22.4 Å². The Morgan fingerprint density at radius 3 is 1.58 bits per heavy atom. The molecule has 0 bridgehead atoms. The largest absolute Gasteiger partial charge is 0.232 e. The van der Waals surface area contributed by atoms with E-state index in [1.807, 2.05) is 10.7 Å². The van der Waals surface area contributed by atoms with Crippen LogP contribution < -0.4 is 0 Å². The van der Waals surface area contributed by atoms with Crippen molar-refractivity contribution in [3.05, 3.63) is 168 Å². The van der Waals surface area contributed by atoms with Crippen molar-refractivity contribution < 1.29 is 0 Å². The zero-order chi connectivity index (χ0) is 25.8. The van der Waals surface area contributed by atoms with Crippen LogP contribution in [0.5, 0.6) is 0 Å². The molecule has 38 heavy (non-hydrogen) atoms. The SMILES string of the molecule is BrCc1ccc(-c2ccccc2)c(-c2cn(C(c3ccccc3)(c3ccccc3)c3ccccc3)nn2)c1. The maximum Gasteiger partial charge on any atom is 0.139 e. The third kappa shape index (κ3) is 4.27. The lowest BCUT2D eigenvalue weighted by molar-refractivity contribution is 0.446. The van der Waals surface area contributed by atoms with E-state index < -0.39 is 5.54 Å². The molecular formula is C34H26BrN3. The molecule has 0 amide bonds. The van der Waals surface area contributed by atoms with Crippen LogP contribution in [-0.4, -0.2) is 15.0 Å². The Kier molecular flexibility index (Phi) is 6.72. The molecule has 0 saturated carbocycles. The maximum atomic E-state index is 4.84. The molecule has 1 aromatic heterocycles. The second kappa shape index (κ2) is 10.6. The van der Waals surface area contributed by atoms with Crippen molar-refractivity contribution >= 4 is 15.9 Å². The van der Waals surface area contributed by atoms with Crippen molar-refractivity contribution in [1.82, 2.24) is 15.0 Å². The molecule has 6 aromatic rings. The number of halogens is 1. The van der Waals surface area contributed by atoms with E-state index in [2.05, 4.69) is 156 Å². The predicted octanol–water partition coefficient (Wildman–Crippen LogP) is 8.35. The minimum absolute atomic E-state index is 0.699. The fourth-order valence-electron chi connectivity index (χ4n) is 5.24. The van der Waals surface area contributed by atoms with Gasteiger partial charge in [-0.3, -0.25) is 0 Å². The molecule has 0 atom stereocenters. The van der Waals surface area contributed by atoms with Gasteiger partial charge in [0.25, 0.3) is 0 Å². The monoisotopic (exact) mass is 555 g/mol. The molecule has 0 unspecified atom stereocenters. The number of alkyl halides is 1. The van der Waals surface area contributed by atoms with Crippen LogP contribution in [0.25, 0.3) is 22.4 Å². The molecule has 0 N–H and O–H groups in total. The van der Waals surface area contributed by atoms with Crippen LogP contribution in [0.2, 0.25) is 0 Å². The first-order valence-corrected chi connectivity index (χ1v) is 13.8. The number of benzene rings is 5. The summed E-state index contributed by atoms with van der Waals surface area (Å²) in [5, 5.41) is 10.4. The number of aromatic nitrogens is 3. The maximum absolute atomic E-state index is 4.84. The Balaban J connectivity index is 1.62. The molecule has 5 aromatic carbocycles. The van der Waals surface area contributed by atoms with E-state index in [9.17, 15) is 0 Å². The van der Waals surface area contributed by atoms with E-state index in [0.717, 1.165) is 44.4 Å². The second-order valence-corrected chi connectivity index (χ2v) is 9.80. The minimum atomic E-state index is -0.699. The second-order valence-electron chi connectivity index (χ2n) is 9.24. The van der Waals surface area contributed by atoms with Gasteiger partial charge >= 0.3 is 0 Å². The number of nitrogens with zero attached hydrogens (tertiary/aromatic N) is 3. The summed E-state index contributed by atoms with van der Waals surface area (Å²) in [6.45, 7) is 0. The first kappa shape index (κ1) is 24.1. The van der Waals surface area contributed by atoms with E-state index in [4.69, 9.17) is 10.3 Å². The Hall–Kier alpha value is -4.28. The predicted molar refractivity (Wildman–Crippen MR) is 158 cm³/mol. The topological polar surface area (TPSA) is 30.7 Å². The standard InChI is InChI=1S/C34H26BrN3/c35-24-26-21-22-31(27-13-5-1-6-14-27)32(23-26)33-25-38(37-36-33)34(28-15-7-2-8-16-28,29-17-9-3-10-18-29)30-19-11-4-12-20-30/h1-23,25H,24H2. The summed E-state index contributed by atoms with van der Waals surface area (Å²) < 4.78 is 2.03. The van der Waals surface area contributed by atoms with Gasteiger partial charge in [-0.05, 0) is 39.4 Å². The van der Waals surface area contributed by atoms with Crippen LogP contribution in [0.15, 0.2) is 146 Å². The van der Waals surface area contributed by atoms with Crippen LogP contribution in [0.4, 0.5) is 0 Å². The molecule has 0 aliphatic carbocycles. The minimum Gasteiger partial charge on any atom is -0.232 e. The van der Waals surface area contributed by atoms with Gasteiger partial charge in [0, 0.05) is 10.9 Å². The summed E-state index contributed by atoms with van der Waals surface area (Å²) in [6.07, 6.45) is 2.09. The van der Waals surface area contributed by atoms with Crippen molar-refractivity contribution in [2.75, 3.05) is 0 Å². The summed E-state index contributed by atoms with van der Waals surface area (Å²) in [4.78, 5) is 0. The van der Waals surface area contributed by atoms with Crippen LogP contribution >= 0.6 is 15.9 Å². The van der Waals surface area contributed by atoms with E-state index in [1.54, 1.807) is 0 Å². The van der Waals surface area contributed by atoms with Crippen molar-refractivity contribution in [2.45, 2.75) is 10.9 Å². The van der Waals surface area contributed by atoms with Crippen LogP contribution in [0, 0.1) is 0 Å². The van der Waals surface area contributed by atoms with Gasteiger partial charge in [-0.1, -0.05) is 155 Å². The lowest BCUT2D eigenvalue weighted by Crippen LogP contribution is -2.38. The van der Waals surface area contributed by atoms with Gasteiger partial charge in [-0.15, -0.1) is 5.10 Å². The number of hydrogen-bond acceptors (Lipinski definition) is 2. The smallest absolute Gasteiger partial charge is 0.139 e. The summed E-state index contributed by atoms with van der Waals surface area (Å²) in [5.41, 5.74) is 8.01. The van der Waals surface area contributed by atoms with Gasteiger partial charge in [0.15, 0.2) is 0 Å². The fourth-order valence-corrected chi connectivity index (χ4v) is 5.59. The molecule has 0 aliphatic rings.